The Labute approximate surface area is 168 Å². The number of nitrogens with zero attached hydrogens (tertiary/aromatic N) is 2. The number of H-pyrrole nitrogens is 1. The third kappa shape index (κ3) is 3.67. The molecule has 0 spiro atoms. The highest BCUT2D eigenvalue weighted by Gasteiger charge is 2.21. The molecule has 2 heterocycles. The van der Waals surface area contributed by atoms with E-state index in [2.05, 4.69) is 22.5 Å². The summed E-state index contributed by atoms with van der Waals surface area (Å²) in [5.74, 6) is 1.08. The number of imidazole rings is 1. The molecule has 0 saturated heterocycles. The van der Waals surface area contributed by atoms with Gasteiger partial charge in [0, 0.05) is 18.3 Å². The molecule has 0 aliphatic heterocycles. The molecule has 2 aromatic carbocycles. The molecule has 0 aliphatic rings. The second kappa shape index (κ2) is 8.10. The maximum Gasteiger partial charge on any atom is 0.343 e. The zero-order valence-electron chi connectivity index (χ0n) is 16.3. The minimum Gasteiger partial charge on any atom is -0.497 e. The molecule has 4 rings (SSSR count). The number of esters is 1. The lowest BCUT2D eigenvalue weighted by atomic mass is 10.1. The first-order valence-electron chi connectivity index (χ1n) is 9.31. The molecule has 2 N–H and O–H groups in total. The van der Waals surface area contributed by atoms with Gasteiger partial charge in [-0.05, 0) is 24.1 Å². The van der Waals surface area contributed by atoms with Crippen molar-refractivity contribution in [2.24, 2.45) is 0 Å². The van der Waals surface area contributed by atoms with Crippen LogP contribution in [0.15, 0.2) is 60.8 Å². The molecule has 29 heavy (non-hydrogen) atoms. The fraction of sp³-hybridized carbons (Fsp3) is 0.182. The average molecular weight is 390 g/mol. The molecule has 0 radical (unpaired) electrons. The fourth-order valence-electron chi connectivity index (χ4n) is 3.29. The second-order valence-corrected chi connectivity index (χ2v) is 6.54. The molecule has 0 saturated carbocycles. The summed E-state index contributed by atoms with van der Waals surface area (Å²) >= 11 is 0. The number of ether oxygens (including phenoxy) is 2. The van der Waals surface area contributed by atoms with Gasteiger partial charge in [-0.15, -0.1) is 0 Å². The monoisotopic (exact) mass is 390 g/mol. The Morgan fingerprint density at radius 1 is 1.14 bits per heavy atom. The van der Waals surface area contributed by atoms with Crippen LogP contribution in [0.3, 0.4) is 0 Å². The Bertz CT molecular complexity index is 1130. The van der Waals surface area contributed by atoms with Gasteiger partial charge in [0.1, 0.15) is 17.0 Å². The van der Waals surface area contributed by atoms with Crippen LogP contribution in [0.25, 0.3) is 16.9 Å². The van der Waals surface area contributed by atoms with Crippen molar-refractivity contribution in [2.45, 2.75) is 6.42 Å². The summed E-state index contributed by atoms with van der Waals surface area (Å²) in [6.45, 7) is 0.710. The Morgan fingerprint density at radius 3 is 2.72 bits per heavy atom. The second-order valence-electron chi connectivity index (χ2n) is 6.54. The summed E-state index contributed by atoms with van der Waals surface area (Å²) in [6.07, 6.45) is 2.46. The lowest BCUT2D eigenvalue weighted by Gasteiger charge is -2.09. The molecule has 148 valence electrons. The summed E-state index contributed by atoms with van der Waals surface area (Å²) in [7, 11) is 2.99. The average Bonchev–Trinajstić information content (AvgIpc) is 3.34. The van der Waals surface area contributed by atoms with Crippen LogP contribution in [0.2, 0.25) is 0 Å². The summed E-state index contributed by atoms with van der Waals surface area (Å²) < 4.78 is 12.0. The number of aromatic amines is 1. The molecular weight excluding hydrogens is 368 g/mol. The molecule has 7 nitrogen and oxygen atoms in total. The summed E-state index contributed by atoms with van der Waals surface area (Å²) in [5, 5.41) is 6.57. The number of anilines is 1. The lowest BCUT2D eigenvalue weighted by Crippen LogP contribution is -2.08. The SMILES string of the molecule is COC(=O)c1c[nH]n2c(NCCc3ccccc3)c(-c3cccc(OC)c3)nc12. The van der Waals surface area contributed by atoms with E-state index in [1.165, 1.54) is 12.7 Å². The molecule has 0 fully saturated rings. The van der Waals surface area contributed by atoms with Crippen molar-refractivity contribution in [3.05, 3.63) is 71.9 Å². The van der Waals surface area contributed by atoms with Crippen LogP contribution in [-0.2, 0) is 11.2 Å². The minimum atomic E-state index is -0.436. The number of carbonyl (C=O) groups is 1. The van der Waals surface area contributed by atoms with Crippen LogP contribution in [0.5, 0.6) is 5.75 Å². The number of nitrogens with one attached hydrogen (secondary N) is 2. The lowest BCUT2D eigenvalue weighted by molar-refractivity contribution is 0.0602. The van der Waals surface area contributed by atoms with Crippen LogP contribution in [0, 0.1) is 0 Å². The third-order valence-corrected chi connectivity index (χ3v) is 4.75. The number of hydrogen-bond donors (Lipinski definition) is 2. The number of carbonyl (C=O) groups excluding carboxylic acids is 1. The smallest absolute Gasteiger partial charge is 0.343 e. The minimum absolute atomic E-state index is 0.382. The Balaban J connectivity index is 1.72. The first-order chi connectivity index (χ1) is 14.2. The van der Waals surface area contributed by atoms with E-state index in [1.807, 2.05) is 42.5 Å². The fourth-order valence-corrected chi connectivity index (χ4v) is 3.29. The standard InChI is InChI=1S/C22H22N4O3/c1-28-17-10-6-9-16(13-17)19-21(23-12-11-15-7-4-3-5-8-15)26-20(25-19)18(14-24-26)22(27)29-2/h3-10,13-14,23-24H,11-12H2,1-2H3. The molecule has 0 amide bonds. The predicted molar refractivity (Wildman–Crippen MR) is 112 cm³/mol. The van der Waals surface area contributed by atoms with Gasteiger partial charge < -0.3 is 14.8 Å². The number of methoxy groups -OCH3 is 2. The van der Waals surface area contributed by atoms with Crippen molar-refractivity contribution in [2.75, 3.05) is 26.1 Å². The zero-order valence-corrected chi connectivity index (χ0v) is 16.3. The number of rotatable bonds is 7. The number of aromatic nitrogens is 3. The topological polar surface area (TPSA) is 80.7 Å². The summed E-state index contributed by atoms with van der Waals surface area (Å²) in [4.78, 5) is 16.8. The molecule has 0 atom stereocenters. The summed E-state index contributed by atoms with van der Waals surface area (Å²) in [6, 6.07) is 17.9. The highest BCUT2D eigenvalue weighted by atomic mass is 16.5. The van der Waals surface area contributed by atoms with E-state index in [9.17, 15) is 4.79 Å². The maximum atomic E-state index is 12.1. The molecule has 7 heteroatoms. The molecule has 4 aromatic rings. The Morgan fingerprint density at radius 2 is 1.97 bits per heavy atom. The Hall–Kier alpha value is -3.74. The van der Waals surface area contributed by atoms with Crippen molar-refractivity contribution < 1.29 is 14.3 Å². The van der Waals surface area contributed by atoms with Crippen molar-refractivity contribution in [3.8, 4) is 17.0 Å². The molecule has 0 bridgehead atoms. The molecule has 0 aliphatic carbocycles. The van der Waals surface area contributed by atoms with E-state index < -0.39 is 5.97 Å². The summed E-state index contributed by atoms with van der Waals surface area (Å²) in [5.41, 5.74) is 3.75. The van der Waals surface area contributed by atoms with Crippen LogP contribution >= 0.6 is 0 Å². The number of benzene rings is 2. The molecular formula is C22H22N4O3. The van der Waals surface area contributed by atoms with Gasteiger partial charge in [-0.3, -0.25) is 5.10 Å². The zero-order chi connectivity index (χ0) is 20.2. The van der Waals surface area contributed by atoms with Crippen LogP contribution in [0.1, 0.15) is 15.9 Å². The van der Waals surface area contributed by atoms with Gasteiger partial charge in [0.25, 0.3) is 0 Å². The van der Waals surface area contributed by atoms with E-state index >= 15 is 0 Å². The van der Waals surface area contributed by atoms with Gasteiger partial charge in [-0.1, -0.05) is 42.5 Å². The molecule has 2 aromatic heterocycles. The van der Waals surface area contributed by atoms with Gasteiger partial charge in [-0.25, -0.2) is 14.3 Å². The van der Waals surface area contributed by atoms with Gasteiger partial charge >= 0.3 is 5.97 Å². The van der Waals surface area contributed by atoms with E-state index in [0.717, 1.165) is 29.2 Å². The van der Waals surface area contributed by atoms with E-state index in [-0.39, 0.29) is 0 Å². The van der Waals surface area contributed by atoms with Crippen molar-refractivity contribution >= 4 is 17.4 Å². The number of hydrogen-bond acceptors (Lipinski definition) is 5. The van der Waals surface area contributed by atoms with Crippen molar-refractivity contribution in [1.82, 2.24) is 14.6 Å². The largest absolute Gasteiger partial charge is 0.497 e. The predicted octanol–water partition coefficient (Wildman–Crippen LogP) is 3.78. The van der Waals surface area contributed by atoms with E-state index in [1.54, 1.807) is 17.8 Å². The highest BCUT2D eigenvalue weighted by Crippen LogP contribution is 2.31. The quantitative estimate of drug-likeness (QED) is 0.470. The Kier molecular flexibility index (Phi) is 5.20. The van der Waals surface area contributed by atoms with Crippen LogP contribution in [0.4, 0.5) is 5.82 Å². The third-order valence-electron chi connectivity index (χ3n) is 4.75. The number of fused-ring (bicyclic) bond motifs is 1. The van der Waals surface area contributed by atoms with E-state index in [0.29, 0.717) is 17.8 Å². The van der Waals surface area contributed by atoms with E-state index in [4.69, 9.17) is 14.5 Å². The van der Waals surface area contributed by atoms with Crippen molar-refractivity contribution in [3.63, 3.8) is 0 Å². The molecule has 0 unspecified atom stereocenters. The van der Waals surface area contributed by atoms with Gasteiger partial charge in [0.2, 0.25) is 0 Å². The highest BCUT2D eigenvalue weighted by molar-refractivity contribution is 5.97. The van der Waals surface area contributed by atoms with Crippen LogP contribution < -0.4 is 10.1 Å². The van der Waals surface area contributed by atoms with Gasteiger partial charge in [0.15, 0.2) is 11.5 Å². The normalized spacial score (nSPS) is 10.8. The first-order valence-corrected chi connectivity index (χ1v) is 9.31. The van der Waals surface area contributed by atoms with Crippen LogP contribution in [-0.4, -0.2) is 41.3 Å². The van der Waals surface area contributed by atoms with Gasteiger partial charge in [-0.2, -0.15) is 0 Å². The first kappa shape index (κ1) is 18.6. The van der Waals surface area contributed by atoms with Crippen molar-refractivity contribution in [1.29, 1.82) is 0 Å². The maximum absolute atomic E-state index is 12.1. The van der Waals surface area contributed by atoms with Gasteiger partial charge in [0.05, 0.1) is 14.2 Å².